The van der Waals surface area contributed by atoms with Gasteiger partial charge in [0.05, 0.1) is 12.1 Å². The number of aliphatic hydroxyl groups is 1. The van der Waals surface area contributed by atoms with Crippen molar-refractivity contribution in [2.45, 2.75) is 101 Å². The van der Waals surface area contributed by atoms with E-state index in [0.717, 1.165) is 36.1 Å². The molecule has 8 heteroatoms. The molecule has 1 saturated carbocycles. The molecule has 7 nitrogen and oxygen atoms in total. The number of hydrogen-bond acceptors (Lipinski definition) is 6. The van der Waals surface area contributed by atoms with E-state index in [1.54, 1.807) is 11.0 Å². The molecule has 4 rings (SSSR count). The number of Topliss-reactive ketones (excluding diaryl/α,β-unsaturated/α-hetero) is 1. The zero-order valence-electron chi connectivity index (χ0n) is 24.0. The van der Waals surface area contributed by atoms with Crippen molar-refractivity contribution in [2.24, 2.45) is 5.92 Å². The molecule has 2 amide bonds. The Balaban J connectivity index is 1.53. The predicted octanol–water partition coefficient (Wildman–Crippen LogP) is 5.64. The van der Waals surface area contributed by atoms with Crippen molar-refractivity contribution >= 4 is 29.5 Å². The fraction of sp³-hybridized carbons (Fsp3) is 0.531. The monoisotopic (exact) mass is 566 g/mol. The SMILES string of the molecule is CC(=O)c1ccccc1SC[C@H](O)[C@H](Cc1ccccc1)NC(=O)[C@H]1C[C@H]2CCCC[C@H]2N1C(=O)OC(C)(C)C. The van der Waals surface area contributed by atoms with Gasteiger partial charge in [0, 0.05) is 22.3 Å². The van der Waals surface area contributed by atoms with Gasteiger partial charge in [-0.25, -0.2) is 4.79 Å². The molecule has 40 heavy (non-hydrogen) atoms. The van der Waals surface area contributed by atoms with Crippen LogP contribution in [0.4, 0.5) is 4.79 Å². The molecule has 2 N–H and O–H groups in total. The van der Waals surface area contributed by atoms with Crippen molar-refractivity contribution < 1.29 is 24.2 Å². The second-order valence-electron chi connectivity index (χ2n) is 12.0. The van der Waals surface area contributed by atoms with Crippen molar-refractivity contribution in [3.63, 3.8) is 0 Å². The largest absolute Gasteiger partial charge is 0.444 e. The number of thioether (sulfide) groups is 1. The Morgan fingerprint density at radius 3 is 2.42 bits per heavy atom. The second kappa shape index (κ2) is 13.2. The Kier molecular flexibility index (Phi) is 9.95. The van der Waals surface area contributed by atoms with Crippen LogP contribution in [0.25, 0.3) is 0 Å². The predicted molar refractivity (Wildman–Crippen MR) is 157 cm³/mol. The second-order valence-corrected chi connectivity index (χ2v) is 13.0. The standard InChI is InChI=1S/C32H42N2O5S/c1-21(35)24-15-9-11-17-29(24)40-20-28(36)25(18-22-12-6-5-7-13-22)33-30(37)27-19-23-14-8-10-16-26(23)34(27)31(38)39-32(2,3)4/h5-7,9,11-13,15,17,23,25-28,36H,8,10,14,16,18-20H2,1-4H3,(H,33,37)/t23-,25+,26-,27-,28+/m1/s1. The number of carbonyl (C=O) groups is 3. The lowest BCUT2D eigenvalue weighted by atomic mass is 9.85. The van der Waals surface area contributed by atoms with Gasteiger partial charge in [-0.1, -0.05) is 61.4 Å². The summed E-state index contributed by atoms with van der Waals surface area (Å²) in [5.41, 5.74) is 0.944. The van der Waals surface area contributed by atoms with E-state index >= 15 is 0 Å². The summed E-state index contributed by atoms with van der Waals surface area (Å²) in [6.07, 6.45) is 3.71. The molecule has 1 aliphatic heterocycles. The summed E-state index contributed by atoms with van der Waals surface area (Å²) in [5, 5.41) is 14.5. The van der Waals surface area contributed by atoms with Gasteiger partial charge in [0.2, 0.25) is 5.91 Å². The summed E-state index contributed by atoms with van der Waals surface area (Å²) in [4.78, 5) is 41.8. The fourth-order valence-corrected chi connectivity index (χ4v) is 7.00. The smallest absolute Gasteiger partial charge is 0.411 e. The highest BCUT2D eigenvalue weighted by atomic mass is 32.2. The number of nitrogens with one attached hydrogen (secondary N) is 1. The number of rotatable bonds is 9. The van der Waals surface area contributed by atoms with Crippen LogP contribution in [0.1, 0.15) is 75.7 Å². The number of ketones is 1. The first kappa shape index (κ1) is 30.1. The highest BCUT2D eigenvalue weighted by molar-refractivity contribution is 7.99. The number of benzene rings is 2. The lowest BCUT2D eigenvalue weighted by molar-refractivity contribution is -0.127. The van der Waals surface area contributed by atoms with Crippen molar-refractivity contribution in [2.75, 3.05) is 5.75 Å². The van der Waals surface area contributed by atoms with Crippen molar-refractivity contribution in [3.8, 4) is 0 Å². The van der Waals surface area contributed by atoms with Crippen molar-refractivity contribution in [1.29, 1.82) is 0 Å². The zero-order chi connectivity index (χ0) is 28.9. The van der Waals surface area contributed by atoms with E-state index in [4.69, 9.17) is 4.74 Å². The molecule has 1 heterocycles. The van der Waals surface area contributed by atoms with Crippen LogP contribution in [0.5, 0.6) is 0 Å². The van der Waals surface area contributed by atoms with E-state index in [2.05, 4.69) is 5.32 Å². The van der Waals surface area contributed by atoms with Gasteiger partial charge in [0.15, 0.2) is 5.78 Å². The van der Waals surface area contributed by atoms with E-state index < -0.39 is 29.9 Å². The quantitative estimate of drug-likeness (QED) is 0.301. The lowest BCUT2D eigenvalue weighted by Gasteiger charge is -2.35. The van der Waals surface area contributed by atoms with E-state index in [-0.39, 0.29) is 23.7 Å². The van der Waals surface area contributed by atoms with Gasteiger partial charge in [-0.05, 0) is 70.9 Å². The molecule has 1 aliphatic carbocycles. The average molecular weight is 567 g/mol. The molecule has 2 aliphatic rings. The maximum absolute atomic E-state index is 13.9. The molecule has 2 aromatic rings. The summed E-state index contributed by atoms with van der Waals surface area (Å²) >= 11 is 1.40. The molecule has 5 atom stereocenters. The number of ether oxygens (including phenoxy) is 1. The van der Waals surface area contributed by atoms with Crippen LogP contribution in [0.15, 0.2) is 59.5 Å². The van der Waals surface area contributed by atoms with Gasteiger partial charge >= 0.3 is 6.09 Å². The number of hydrogen-bond donors (Lipinski definition) is 2. The first-order valence-electron chi connectivity index (χ1n) is 14.3. The van der Waals surface area contributed by atoms with Crippen LogP contribution in [-0.4, -0.2) is 63.4 Å². The first-order chi connectivity index (χ1) is 19.0. The summed E-state index contributed by atoms with van der Waals surface area (Å²) in [6.45, 7) is 7.04. The van der Waals surface area contributed by atoms with Crippen LogP contribution < -0.4 is 5.32 Å². The Bertz CT molecular complexity index is 1180. The first-order valence-corrected chi connectivity index (χ1v) is 15.3. The van der Waals surface area contributed by atoms with Gasteiger partial charge in [-0.15, -0.1) is 11.8 Å². The molecule has 216 valence electrons. The fourth-order valence-electron chi connectivity index (χ4n) is 5.88. The van der Waals surface area contributed by atoms with E-state index in [0.29, 0.717) is 24.2 Å². The molecule has 0 radical (unpaired) electrons. The molecular weight excluding hydrogens is 524 g/mol. The maximum Gasteiger partial charge on any atom is 0.411 e. The van der Waals surface area contributed by atoms with Crippen LogP contribution >= 0.6 is 11.8 Å². The Hall–Kier alpha value is -2.84. The minimum atomic E-state index is -0.882. The molecule has 0 spiro atoms. The molecule has 2 fully saturated rings. The van der Waals surface area contributed by atoms with Crippen LogP contribution in [-0.2, 0) is 16.0 Å². The number of nitrogens with zero attached hydrogens (tertiary/aromatic N) is 1. The third kappa shape index (κ3) is 7.67. The highest BCUT2D eigenvalue weighted by Gasteiger charge is 2.49. The summed E-state index contributed by atoms with van der Waals surface area (Å²) in [7, 11) is 0. The summed E-state index contributed by atoms with van der Waals surface area (Å²) in [6, 6.07) is 15.9. The van der Waals surface area contributed by atoms with Gasteiger partial charge < -0.3 is 15.2 Å². The number of fused-ring (bicyclic) bond motifs is 1. The van der Waals surface area contributed by atoms with E-state index in [9.17, 15) is 19.5 Å². The third-order valence-electron chi connectivity index (χ3n) is 7.76. The minimum Gasteiger partial charge on any atom is -0.444 e. The molecule has 0 unspecified atom stereocenters. The molecule has 0 aromatic heterocycles. The number of carbonyl (C=O) groups excluding carboxylic acids is 3. The molecular formula is C32H42N2O5S. The molecule has 0 bridgehead atoms. The Labute approximate surface area is 242 Å². The number of likely N-dealkylation sites (tertiary alicyclic amines) is 1. The summed E-state index contributed by atoms with van der Waals surface area (Å²) < 4.78 is 5.74. The maximum atomic E-state index is 13.9. The number of aliphatic hydroxyl groups excluding tert-OH is 1. The van der Waals surface area contributed by atoms with E-state index in [1.807, 2.05) is 69.3 Å². The van der Waals surface area contributed by atoms with Crippen LogP contribution in [0.3, 0.4) is 0 Å². The summed E-state index contributed by atoms with van der Waals surface area (Å²) in [5.74, 6) is 0.285. The number of amides is 2. The lowest BCUT2D eigenvalue weighted by Crippen LogP contribution is -2.55. The topological polar surface area (TPSA) is 95.9 Å². The normalized spacial score (nSPS) is 22.2. The zero-order valence-corrected chi connectivity index (χ0v) is 24.8. The van der Waals surface area contributed by atoms with Gasteiger partial charge in [-0.3, -0.25) is 14.5 Å². The Morgan fingerprint density at radius 1 is 1.05 bits per heavy atom. The molecule has 1 saturated heterocycles. The van der Waals surface area contributed by atoms with E-state index in [1.165, 1.54) is 18.7 Å². The van der Waals surface area contributed by atoms with Gasteiger partial charge in [-0.2, -0.15) is 0 Å². The van der Waals surface area contributed by atoms with Crippen molar-refractivity contribution in [1.82, 2.24) is 10.2 Å². The van der Waals surface area contributed by atoms with Gasteiger partial charge in [0.1, 0.15) is 11.6 Å². The van der Waals surface area contributed by atoms with Crippen molar-refractivity contribution in [3.05, 3.63) is 65.7 Å². The average Bonchev–Trinajstić information content (AvgIpc) is 3.31. The highest BCUT2D eigenvalue weighted by Crippen LogP contribution is 2.40. The van der Waals surface area contributed by atoms with Crippen LogP contribution in [0, 0.1) is 5.92 Å². The van der Waals surface area contributed by atoms with Gasteiger partial charge in [0.25, 0.3) is 0 Å². The third-order valence-corrected chi connectivity index (χ3v) is 8.94. The Morgan fingerprint density at radius 2 is 1.73 bits per heavy atom. The minimum absolute atomic E-state index is 0.00418. The van der Waals surface area contributed by atoms with Crippen LogP contribution in [0.2, 0.25) is 0 Å². The molecule has 2 aromatic carbocycles.